The molecular formula is C89H139N21O23. The number of carbonyl (C=O) groups excluding carboxylic acids is 14. The molecule has 2 aromatic heterocycles. The molecule has 0 spiro atoms. The highest BCUT2D eigenvalue weighted by Gasteiger charge is 2.44. The summed E-state index contributed by atoms with van der Waals surface area (Å²) in [5, 5.41) is 87.4. The first-order valence-corrected chi connectivity index (χ1v) is 46.3. The molecule has 22 N–H and O–H groups in total. The molecule has 13 amide bonds. The predicted octanol–water partition coefficient (Wildman–Crippen LogP) is -1.44. The fourth-order valence-corrected chi connectivity index (χ4v) is 15.0. The lowest BCUT2D eigenvalue weighted by Gasteiger charge is -2.31. The number of Topliss-reactive ketones (excluding diaryl/α,β-unsaturated/α-hetero) is 1. The van der Waals surface area contributed by atoms with Crippen molar-refractivity contribution in [1.29, 1.82) is 0 Å². The van der Waals surface area contributed by atoms with Gasteiger partial charge in [0.05, 0.1) is 65.0 Å². The molecule has 0 unspecified atom stereocenters. The second-order valence-corrected chi connectivity index (χ2v) is 33.1. The first kappa shape index (κ1) is 110. The number of carboxylic acids is 1. The zero-order chi connectivity index (χ0) is 96.5. The fourth-order valence-electron chi connectivity index (χ4n) is 15.0. The van der Waals surface area contributed by atoms with Gasteiger partial charge in [0.25, 0.3) is 0 Å². The Morgan fingerprint density at radius 2 is 1.17 bits per heavy atom. The Labute approximate surface area is 773 Å². The lowest BCUT2D eigenvalue weighted by Crippen LogP contribution is -2.61. The highest BCUT2D eigenvalue weighted by Crippen LogP contribution is 2.24. The number of aliphatic hydroxyl groups excluding tert-OH is 3. The molecule has 0 saturated carbocycles. The number of H-pyrrole nitrogens is 2. The van der Waals surface area contributed by atoms with Crippen molar-refractivity contribution in [2.75, 3.05) is 98.8 Å². The molecule has 44 nitrogen and oxygen atoms in total. The van der Waals surface area contributed by atoms with Crippen LogP contribution in [-0.2, 0) is 110 Å². The van der Waals surface area contributed by atoms with E-state index in [1.165, 1.54) is 45.4 Å². The van der Waals surface area contributed by atoms with Crippen molar-refractivity contribution in [2.45, 2.75) is 273 Å². The molecule has 2 aliphatic heterocycles. The SMILES string of the molecule is CCCC[C@H](NC(=O)[C@H](CO)NC(=O)[C@H](CO)NC(=O)COCCOCCNC(=O)COCCOCCNC(=O)[C@@H](CCC(=O)O)NC(=O)CCCCCCCCCCCCCCCc1nn[nH]n1)C(=O)N[C@H]1CCC(=O)NCCCC[C@@H](C(C)=O)NC(=O)[C@H](Cc2c[nH]c3ccccc23)NC(=O)[C@H](CCCN=C(N)N)NC(=O)[C@@H](Cc2ccccc2)NC(=O)[C@@H]2C[C@@H](O)CN2C1=O. The number of carbonyl (C=O) groups is 15. The highest BCUT2D eigenvalue weighted by molar-refractivity contribution is 6.00. The molecule has 738 valence electrons. The number of rotatable bonds is 58. The summed E-state index contributed by atoms with van der Waals surface area (Å²) in [7, 11) is 0. The summed E-state index contributed by atoms with van der Waals surface area (Å²) >= 11 is 0. The van der Waals surface area contributed by atoms with E-state index in [1.54, 1.807) is 49.5 Å². The van der Waals surface area contributed by atoms with E-state index in [9.17, 15) is 87.5 Å². The van der Waals surface area contributed by atoms with Gasteiger partial charge in [-0.25, -0.2) is 0 Å². The van der Waals surface area contributed by atoms with Gasteiger partial charge in [0, 0.05) is 94.8 Å². The summed E-state index contributed by atoms with van der Waals surface area (Å²) < 4.78 is 21.7. The van der Waals surface area contributed by atoms with Crippen molar-refractivity contribution in [3.63, 3.8) is 0 Å². The number of benzene rings is 2. The third-order valence-electron chi connectivity index (χ3n) is 22.4. The van der Waals surface area contributed by atoms with Gasteiger partial charge in [-0.15, -0.1) is 10.2 Å². The normalized spacial score (nSPS) is 18.7. The maximum absolute atomic E-state index is 15.2. The second kappa shape index (κ2) is 63.4. The van der Waals surface area contributed by atoms with Gasteiger partial charge in [-0.2, -0.15) is 5.21 Å². The average molecular weight is 1870 g/mol. The largest absolute Gasteiger partial charge is 0.481 e. The number of tetrazole rings is 1. The van der Waals surface area contributed by atoms with Crippen LogP contribution in [0.2, 0.25) is 0 Å². The van der Waals surface area contributed by atoms with E-state index in [4.69, 9.17) is 30.4 Å². The number of unbranched alkanes of at least 4 members (excludes halogenated alkanes) is 13. The summed E-state index contributed by atoms with van der Waals surface area (Å²) in [6.45, 7) is -0.185. The van der Waals surface area contributed by atoms with Crippen LogP contribution in [0.4, 0.5) is 0 Å². The van der Waals surface area contributed by atoms with Crippen LogP contribution in [0.1, 0.15) is 204 Å². The van der Waals surface area contributed by atoms with Crippen LogP contribution < -0.4 is 75.3 Å². The third-order valence-corrected chi connectivity index (χ3v) is 22.4. The van der Waals surface area contributed by atoms with Gasteiger partial charge in [0.15, 0.2) is 17.6 Å². The molecule has 2 saturated heterocycles. The van der Waals surface area contributed by atoms with Crippen LogP contribution in [0, 0.1) is 0 Å². The number of guanidine groups is 1. The minimum atomic E-state index is -1.81. The lowest BCUT2D eigenvalue weighted by molar-refractivity contribution is -0.143. The van der Waals surface area contributed by atoms with E-state index in [0.717, 1.165) is 66.6 Å². The zero-order valence-corrected chi connectivity index (χ0v) is 76.4. The number of para-hydroxylation sites is 1. The number of amides is 13. The quantitative estimate of drug-likeness (QED) is 0.0137. The van der Waals surface area contributed by atoms with Gasteiger partial charge in [0.2, 0.25) is 76.8 Å². The molecule has 2 fully saturated rings. The molecule has 11 atom stereocenters. The molecule has 0 bridgehead atoms. The minimum absolute atomic E-state index is 0.0126. The smallest absolute Gasteiger partial charge is 0.303 e. The maximum Gasteiger partial charge on any atom is 0.303 e. The predicted molar refractivity (Wildman–Crippen MR) is 485 cm³/mol. The van der Waals surface area contributed by atoms with Crippen LogP contribution in [0.3, 0.4) is 0 Å². The van der Waals surface area contributed by atoms with Gasteiger partial charge in [-0.1, -0.05) is 144 Å². The van der Waals surface area contributed by atoms with Crippen LogP contribution in [0.5, 0.6) is 0 Å². The van der Waals surface area contributed by atoms with E-state index in [2.05, 4.69) is 94.4 Å². The third kappa shape index (κ3) is 43.7. The van der Waals surface area contributed by atoms with Crippen molar-refractivity contribution in [3.05, 3.63) is 77.7 Å². The average Bonchev–Trinajstić information content (AvgIpc) is 1.67. The number of carboxylic acid groups (broad SMARTS) is 1. The van der Waals surface area contributed by atoms with Gasteiger partial charge >= 0.3 is 5.97 Å². The molecule has 4 aromatic rings. The summed E-state index contributed by atoms with van der Waals surface area (Å²) in [5.74, 6) is -11.4. The van der Waals surface area contributed by atoms with Crippen molar-refractivity contribution < 1.29 is 111 Å². The zero-order valence-electron chi connectivity index (χ0n) is 76.4. The van der Waals surface area contributed by atoms with E-state index in [1.807, 2.05) is 18.2 Å². The number of aliphatic hydroxyl groups is 3. The van der Waals surface area contributed by atoms with Crippen LogP contribution in [0.25, 0.3) is 10.9 Å². The standard InChI is InChI=1S/C89H139N21O23/c1-3-4-29-65(101-86(127)72(55-112)105-85(126)71(54-111)98-78(118)57-133-48-46-130-43-41-93-77(117)56-132-47-45-131-44-42-94-80(121)67(36-38-79(119)120)97-76(116)34-20-15-13-11-9-7-5-6-8-10-12-14-19-33-74-106-108-109-107-74)81(122)102-68-35-37-75(115)92-39-24-23-30-63(58(2)113)99-84(125)70(50-60-52-96-64-31-22-21-28-62(60)64)103-82(123)66(32-25-40-95-89(90)91)100-83(124)69(49-59-26-17-16-18-27-59)104-87(128)73-51-61(114)53-110(73)88(68)129/h16-18,21-22,26-28,31,52,61,63,65-73,96,111-112,114H,3-15,19-20,23-25,29-30,32-51,53-57H2,1-2H3,(H,92,115)(H,93,117)(H,94,121)(H,97,116)(H,98,118)(H,99,125)(H,100,124)(H,101,127)(H,102,122)(H,103,123)(H,104,128)(H,105,126)(H,119,120)(H4,90,91,95)(H,106,107,108,109)/t61-,63+,65+,66+,67-,68+,69-,70+,71+,72+,73+/m1/s1. The number of aromatic nitrogens is 5. The summed E-state index contributed by atoms with van der Waals surface area (Å²) in [4.78, 5) is 214. The number of aliphatic carboxylic acids is 1. The Balaban J connectivity index is 0.941. The van der Waals surface area contributed by atoms with Crippen molar-refractivity contribution in [1.82, 2.24) is 94.3 Å². The number of hydrogen-bond donors (Lipinski definition) is 20. The van der Waals surface area contributed by atoms with Gasteiger partial charge in [-0.05, 0) is 88.3 Å². The van der Waals surface area contributed by atoms with Gasteiger partial charge < -0.3 is 125 Å². The number of fused-ring (bicyclic) bond motifs is 2. The Hall–Kier alpha value is -11.7. The maximum atomic E-state index is 15.2. The Bertz CT molecular complexity index is 4290. The molecule has 6 rings (SSSR count). The molecule has 4 heterocycles. The van der Waals surface area contributed by atoms with E-state index in [-0.39, 0.29) is 168 Å². The molecule has 133 heavy (non-hydrogen) atoms. The second-order valence-electron chi connectivity index (χ2n) is 33.1. The number of aromatic amines is 2. The number of ether oxygens (including phenoxy) is 4. The number of aliphatic imine (C=N–C) groups is 1. The van der Waals surface area contributed by atoms with Crippen LogP contribution >= 0.6 is 0 Å². The lowest BCUT2D eigenvalue weighted by atomic mass is 10.0. The van der Waals surface area contributed by atoms with Gasteiger partial charge in [-0.3, -0.25) is 76.9 Å². The van der Waals surface area contributed by atoms with E-state index in [0.29, 0.717) is 24.0 Å². The topological polar surface area (TPSA) is 656 Å². The summed E-state index contributed by atoms with van der Waals surface area (Å²) in [6, 6.07) is 1.21. The number of nitrogens with zero attached hydrogens (tertiary/aromatic N) is 5. The van der Waals surface area contributed by atoms with Crippen molar-refractivity contribution in [3.8, 4) is 0 Å². The first-order chi connectivity index (χ1) is 64.2. The highest BCUT2D eigenvalue weighted by atomic mass is 16.5. The minimum Gasteiger partial charge on any atom is -0.481 e. The molecular weight excluding hydrogens is 1730 g/mol. The number of aryl methyl sites for hydroxylation is 1. The number of hydrogen-bond acceptors (Lipinski definition) is 26. The van der Waals surface area contributed by atoms with Crippen LogP contribution in [-0.4, -0.2) is 311 Å². The van der Waals surface area contributed by atoms with Crippen LogP contribution in [0.15, 0.2) is 65.8 Å². The molecule has 2 aromatic carbocycles. The summed E-state index contributed by atoms with van der Waals surface area (Å²) in [5.41, 5.74) is 13.2. The first-order valence-electron chi connectivity index (χ1n) is 46.3. The van der Waals surface area contributed by atoms with Crippen molar-refractivity contribution >= 4 is 105 Å². The number of ketones is 1. The van der Waals surface area contributed by atoms with Gasteiger partial charge in [0.1, 0.15) is 67.6 Å². The summed E-state index contributed by atoms with van der Waals surface area (Å²) in [6.07, 6.45) is 15.1. The number of nitrogens with one attached hydrogen (secondary N) is 14. The molecule has 0 aliphatic carbocycles. The number of nitrogens with two attached hydrogens (primary N) is 2. The Morgan fingerprint density at radius 1 is 0.586 bits per heavy atom. The van der Waals surface area contributed by atoms with Crippen molar-refractivity contribution in [2.24, 2.45) is 16.5 Å². The monoisotopic (exact) mass is 1870 g/mol. The molecule has 0 radical (unpaired) electrons. The molecule has 2 aliphatic rings. The molecule has 44 heteroatoms. The van der Waals surface area contributed by atoms with E-state index >= 15 is 4.79 Å². The van der Waals surface area contributed by atoms with E-state index < -0.39 is 188 Å². The fraction of sp³-hybridized carbons (Fsp3) is 0.652. The Kier molecular flexibility index (Phi) is 52.5. The Morgan fingerprint density at radius 3 is 1.81 bits per heavy atom.